The van der Waals surface area contributed by atoms with E-state index in [-0.39, 0.29) is 6.10 Å². The number of hydrogen-bond donors (Lipinski definition) is 2. The third-order valence-corrected chi connectivity index (χ3v) is 4.58. The van der Waals surface area contributed by atoms with Gasteiger partial charge in [-0.05, 0) is 44.3 Å². The Hall–Kier alpha value is -0.900. The van der Waals surface area contributed by atoms with Gasteiger partial charge in [-0.3, -0.25) is 0 Å². The Morgan fingerprint density at radius 3 is 2.55 bits per heavy atom. The van der Waals surface area contributed by atoms with E-state index in [2.05, 4.69) is 47.5 Å². The number of nitrogens with one attached hydrogen (secondary N) is 1. The van der Waals surface area contributed by atoms with E-state index < -0.39 is 0 Å². The lowest BCUT2D eigenvalue weighted by atomic mass is 9.94. The topological polar surface area (TPSA) is 35.5 Å². The molecule has 112 valence electrons. The highest BCUT2D eigenvalue weighted by molar-refractivity contribution is 5.19. The zero-order chi connectivity index (χ0) is 14.5. The number of nitrogens with zero attached hydrogens (tertiary/aromatic N) is 1. The first-order valence-corrected chi connectivity index (χ1v) is 7.74. The molecule has 1 heterocycles. The number of rotatable bonds is 6. The van der Waals surface area contributed by atoms with Gasteiger partial charge in [0.25, 0.3) is 0 Å². The predicted molar refractivity (Wildman–Crippen MR) is 83.6 cm³/mol. The first kappa shape index (κ1) is 15.5. The normalized spacial score (nSPS) is 24.5. The second-order valence-corrected chi connectivity index (χ2v) is 6.20. The Labute approximate surface area is 123 Å². The van der Waals surface area contributed by atoms with Crippen LogP contribution in [0.2, 0.25) is 0 Å². The minimum atomic E-state index is -0.176. The van der Waals surface area contributed by atoms with Crippen molar-refractivity contribution in [2.75, 3.05) is 26.7 Å². The van der Waals surface area contributed by atoms with Gasteiger partial charge in [0.1, 0.15) is 0 Å². The monoisotopic (exact) mass is 276 g/mol. The molecule has 0 saturated carbocycles. The number of likely N-dealkylation sites (tertiary alicyclic amines) is 1. The molecule has 3 heteroatoms. The highest BCUT2D eigenvalue weighted by Gasteiger charge is 2.28. The van der Waals surface area contributed by atoms with Crippen LogP contribution in [0.15, 0.2) is 30.3 Å². The Bertz CT molecular complexity index is 393. The first-order valence-electron chi connectivity index (χ1n) is 7.74. The van der Waals surface area contributed by atoms with Gasteiger partial charge in [-0.25, -0.2) is 0 Å². The molecule has 0 bridgehead atoms. The van der Waals surface area contributed by atoms with E-state index in [9.17, 15) is 5.11 Å². The summed E-state index contributed by atoms with van der Waals surface area (Å²) < 4.78 is 0. The van der Waals surface area contributed by atoms with Crippen LogP contribution < -0.4 is 5.32 Å². The van der Waals surface area contributed by atoms with Gasteiger partial charge in [0.05, 0.1) is 6.10 Å². The SMILES string of the molecule is CNC(c1ccccc1)C(C)CN1CCC(C(C)O)C1. The molecule has 1 fully saturated rings. The summed E-state index contributed by atoms with van der Waals surface area (Å²) in [6.45, 7) is 7.46. The molecule has 0 aromatic heterocycles. The van der Waals surface area contributed by atoms with Gasteiger partial charge in [0.2, 0.25) is 0 Å². The molecule has 0 amide bonds. The molecule has 0 aliphatic carbocycles. The average Bonchev–Trinajstić information content (AvgIpc) is 2.89. The zero-order valence-electron chi connectivity index (χ0n) is 12.9. The van der Waals surface area contributed by atoms with Crippen LogP contribution in [-0.4, -0.2) is 42.8 Å². The molecule has 3 nitrogen and oxygen atoms in total. The van der Waals surface area contributed by atoms with Gasteiger partial charge in [-0.1, -0.05) is 37.3 Å². The van der Waals surface area contributed by atoms with E-state index in [4.69, 9.17) is 0 Å². The third kappa shape index (κ3) is 3.81. The van der Waals surface area contributed by atoms with E-state index in [1.54, 1.807) is 0 Å². The summed E-state index contributed by atoms with van der Waals surface area (Å²) in [6.07, 6.45) is 0.949. The number of benzene rings is 1. The molecule has 4 unspecified atom stereocenters. The van der Waals surface area contributed by atoms with E-state index >= 15 is 0 Å². The summed E-state index contributed by atoms with van der Waals surface area (Å²) in [5, 5.41) is 13.1. The van der Waals surface area contributed by atoms with E-state index in [0.29, 0.717) is 17.9 Å². The zero-order valence-corrected chi connectivity index (χ0v) is 12.9. The van der Waals surface area contributed by atoms with Crippen LogP contribution in [0.1, 0.15) is 31.9 Å². The summed E-state index contributed by atoms with van der Waals surface area (Å²) in [5.41, 5.74) is 1.36. The fraction of sp³-hybridized carbons (Fsp3) is 0.647. The molecule has 1 aliphatic heterocycles. The summed E-state index contributed by atoms with van der Waals surface area (Å²) in [6, 6.07) is 11.0. The van der Waals surface area contributed by atoms with E-state index in [1.165, 1.54) is 5.56 Å². The van der Waals surface area contributed by atoms with Crippen LogP contribution >= 0.6 is 0 Å². The summed E-state index contributed by atoms with van der Waals surface area (Å²) in [5.74, 6) is 1.00. The minimum Gasteiger partial charge on any atom is -0.393 e. The molecule has 1 aromatic rings. The Morgan fingerprint density at radius 2 is 2.00 bits per heavy atom. The van der Waals surface area contributed by atoms with Crippen molar-refractivity contribution in [3.8, 4) is 0 Å². The molecular weight excluding hydrogens is 248 g/mol. The van der Waals surface area contributed by atoms with E-state index in [0.717, 1.165) is 26.1 Å². The Morgan fingerprint density at radius 1 is 1.30 bits per heavy atom. The van der Waals surface area contributed by atoms with Crippen molar-refractivity contribution in [2.24, 2.45) is 11.8 Å². The highest BCUT2D eigenvalue weighted by Crippen LogP contribution is 2.26. The Kier molecular flexibility index (Phi) is 5.58. The van der Waals surface area contributed by atoms with Gasteiger partial charge in [0, 0.05) is 19.1 Å². The summed E-state index contributed by atoms with van der Waals surface area (Å²) >= 11 is 0. The van der Waals surface area contributed by atoms with Crippen LogP contribution in [0.4, 0.5) is 0 Å². The van der Waals surface area contributed by atoms with Crippen molar-refractivity contribution >= 4 is 0 Å². The van der Waals surface area contributed by atoms with Gasteiger partial charge in [-0.15, -0.1) is 0 Å². The van der Waals surface area contributed by atoms with Crippen LogP contribution in [0.3, 0.4) is 0 Å². The molecular formula is C17H28N2O. The standard InChI is InChI=1S/C17H28N2O/c1-13(11-19-10-9-16(12-19)14(2)20)17(18-3)15-7-5-4-6-8-15/h4-8,13-14,16-18,20H,9-12H2,1-3H3. The predicted octanol–water partition coefficient (Wildman–Crippen LogP) is 2.29. The molecule has 1 saturated heterocycles. The van der Waals surface area contributed by atoms with E-state index in [1.807, 2.05) is 14.0 Å². The van der Waals surface area contributed by atoms with Gasteiger partial charge >= 0.3 is 0 Å². The van der Waals surface area contributed by atoms with Crippen LogP contribution in [0, 0.1) is 11.8 Å². The smallest absolute Gasteiger partial charge is 0.0552 e. The maximum absolute atomic E-state index is 9.70. The maximum Gasteiger partial charge on any atom is 0.0552 e. The van der Waals surface area contributed by atoms with Crippen molar-refractivity contribution in [3.63, 3.8) is 0 Å². The first-order chi connectivity index (χ1) is 9.61. The second kappa shape index (κ2) is 7.21. The summed E-state index contributed by atoms with van der Waals surface area (Å²) in [4.78, 5) is 2.50. The highest BCUT2D eigenvalue weighted by atomic mass is 16.3. The fourth-order valence-electron chi connectivity index (χ4n) is 3.37. The van der Waals surface area contributed by atoms with Crippen molar-refractivity contribution in [1.29, 1.82) is 0 Å². The molecule has 2 rings (SSSR count). The molecule has 20 heavy (non-hydrogen) atoms. The van der Waals surface area contributed by atoms with Crippen LogP contribution in [-0.2, 0) is 0 Å². The lowest BCUT2D eigenvalue weighted by Crippen LogP contribution is -2.34. The number of hydrogen-bond acceptors (Lipinski definition) is 3. The summed E-state index contributed by atoms with van der Waals surface area (Å²) in [7, 11) is 2.04. The molecule has 1 aromatic carbocycles. The fourth-order valence-corrected chi connectivity index (χ4v) is 3.37. The Balaban J connectivity index is 1.92. The second-order valence-electron chi connectivity index (χ2n) is 6.20. The largest absolute Gasteiger partial charge is 0.393 e. The van der Waals surface area contributed by atoms with Crippen LogP contribution in [0.5, 0.6) is 0 Å². The van der Waals surface area contributed by atoms with Crippen molar-refractivity contribution in [1.82, 2.24) is 10.2 Å². The van der Waals surface area contributed by atoms with Gasteiger partial charge in [-0.2, -0.15) is 0 Å². The van der Waals surface area contributed by atoms with Crippen molar-refractivity contribution in [2.45, 2.75) is 32.4 Å². The lowest BCUT2D eigenvalue weighted by Gasteiger charge is -2.28. The van der Waals surface area contributed by atoms with Crippen LogP contribution in [0.25, 0.3) is 0 Å². The average molecular weight is 276 g/mol. The van der Waals surface area contributed by atoms with Gasteiger partial charge < -0.3 is 15.3 Å². The molecule has 0 radical (unpaired) electrons. The van der Waals surface area contributed by atoms with Crippen molar-refractivity contribution < 1.29 is 5.11 Å². The van der Waals surface area contributed by atoms with Crippen molar-refractivity contribution in [3.05, 3.63) is 35.9 Å². The number of aliphatic hydroxyl groups excluding tert-OH is 1. The molecule has 1 aliphatic rings. The third-order valence-electron chi connectivity index (χ3n) is 4.58. The number of aliphatic hydroxyl groups is 1. The maximum atomic E-state index is 9.70. The van der Waals surface area contributed by atoms with Gasteiger partial charge in [0.15, 0.2) is 0 Å². The molecule has 4 atom stereocenters. The molecule has 2 N–H and O–H groups in total. The lowest BCUT2D eigenvalue weighted by molar-refractivity contribution is 0.125. The molecule has 0 spiro atoms. The minimum absolute atomic E-state index is 0.176. The quantitative estimate of drug-likeness (QED) is 0.837.